The third kappa shape index (κ3) is 2.94. The number of halogens is 1. The van der Waals surface area contributed by atoms with Crippen LogP contribution in [0.2, 0.25) is 0 Å². The summed E-state index contributed by atoms with van der Waals surface area (Å²) in [4.78, 5) is 0. The number of hydrogen-bond donors (Lipinski definition) is 1. The Balaban J connectivity index is 2.25. The standard InChI is InChI=1S/C14H15BrO3/c1-9(2)18-11-5-3-4-10(8-11)13(16)14-12(15)6-7-17-14/h3-9,13,16H,1-2H3. The predicted molar refractivity (Wildman–Crippen MR) is 72.7 cm³/mol. The third-order valence-corrected chi connectivity index (χ3v) is 3.09. The van der Waals surface area contributed by atoms with Crippen LogP contribution >= 0.6 is 15.9 Å². The first-order valence-corrected chi connectivity index (χ1v) is 6.55. The summed E-state index contributed by atoms with van der Waals surface area (Å²) in [5.74, 6) is 1.24. The normalized spacial score (nSPS) is 12.7. The van der Waals surface area contributed by atoms with Gasteiger partial charge in [0.05, 0.1) is 16.8 Å². The molecular weight excluding hydrogens is 296 g/mol. The number of aliphatic hydroxyl groups excluding tert-OH is 1. The third-order valence-electron chi connectivity index (χ3n) is 2.44. The van der Waals surface area contributed by atoms with Crippen molar-refractivity contribution < 1.29 is 14.3 Å². The van der Waals surface area contributed by atoms with E-state index in [1.165, 1.54) is 6.26 Å². The molecule has 2 rings (SSSR count). The van der Waals surface area contributed by atoms with Crippen molar-refractivity contribution in [2.24, 2.45) is 0 Å². The van der Waals surface area contributed by atoms with Crippen molar-refractivity contribution in [3.63, 3.8) is 0 Å². The number of aliphatic hydroxyl groups is 1. The van der Waals surface area contributed by atoms with Crippen LogP contribution in [0.1, 0.15) is 31.3 Å². The summed E-state index contributed by atoms with van der Waals surface area (Å²) in [6.07, 6.45) is 0.842. The average Bonchev–Trinajstić information content (AvgIpc) is 2.74. The Kier molecular flexibility index (Phi) is 4.09. The number of rotatable bonds is 4. The van der Waals surface area contributed by atoms with E-state index >= 15 is 0 Å². The van der Waals surface area contributed by atoms with E-state index in [2.05, 4.69) is 15.9 Å². The first kappa shape index (κ1) is 13.2. The van der Waals surface area contributed by atoms with Gasteiger partial charge < -0.3 is 14.3 Å². The fraction of sp³-hybridized carbons (Fsp3) is 0.286. The smallest absolute Gasteiger partial charge is 0.150 e. The van der Waals surface area contributed by atoms with Crippen molar-refractivity contribution in [2.45, 2.75) is 26.1 Å². The fourth-order valence-electron chi connectivity index (χ4n) is 1.68. The van der Waals surface area contributed by atoms with Crippen LogP contribution in [0.3, 0.4) is 0 Å². The van der Waals surface area contributed by atoms with Gasteiger partial charge in [-0.1, -0.05) is 12.1 Å². The van der Waals surface area contributed by atoms with Crippen molar-refractivity contribution >= 4 is 15.9 Å². The molecule has 1 aromatic heterocycles. The van der Waals surface area contributed by atoms with Crippen LogP contribution in [0.15, 0.2) is 45.5 Å². The Morgan fingerprint density at radius 1 is 1.28 bits per heavy atom. The molecule has 0 saturated carbocycles. The molecule has 2 aromatic rings. The predicted octanol–water partition coefficient (Wildman–Crippen LogP) is 3.91. The summed E-state index contributed by atoms with van der Waals surface area (Å²) in [5, 5.41) is 10.2. The molecule has 96 valence electrons. The van der Waals surface area contributed by atoms with Crippen LogP contribution in [0.25, 0.3) is 0 Å². The van der Waals surface area contributed by atoms with E-state index in [9.17, 15) is 5.11 Å². The number of ether oxygens (including phenoxy) is 1. The second kappa shape index (κ2) is 5.59. The molecule has 0 bridgehead atoms. The zero-order valence-electron chi connectivity index (χ0n) is 10.3. The van der Waals surface area contributed by atoms with Gasteiger partial charge in [0.1, 0.15) is 11.9 Å². The molecule has 18 heavy (non-hydrogen) atoms. The van der Waals surface area contributed by atoms with E-state index < -0.39 is 6.10 Å². The molecule has 1 unspecified atom stereocenters. The minimum atomic E-state index is -0.801. The van der Waals surface area contributed by atoms with Gasteiger partial charge in [-0.3, -0.25) is 0 Å². The van der Waals surface area contributed by atoms with Crippen LogP contribution in [0, 0.1) is 0 Å². The lowest BCUT2D eigenvalue weighted by Gasteiger charge is -2.13. The highest BCUT2D eigenvalue weighted by atomic mass is 79.9. The van der Waals surface area contributed by atoms with Crippen molar-refractivity contribution in [2.75, 3.05) is 0 Å². The van der Waals surface area contributed by atoms with Gasteiger partial charge in [0, 0.05) is 0 Å². The quantitative estimate of drug-likeness (QED) is 0.931. The Morgan fingerprint density at radius 2 is 2.06 bits per heavy atom. The minimum absolute atomic E-state index is 0.104. The van der Waals surface area contributed by atoms with E-state index in [-0.39, 0.29) is 6.10 Å². The van der Waals surface area contributed by atoms with Gasteiger partial charge in [-0.15, -0.1) is 0 Å². The zero-order valence-corrected chi connectivity index (χ0v) is 11.8. The number of benzene rings is 1. The summed E-state index contributed by atoms with van der Waals surface area (Å²) >= 11 is 3.34. The van der Waals surface area contributed by atoms with Gasteiger partial charge in [-0.2, -0.15) is 0 Å². The molecule has 0 spiro atoms. The molecule has 1 aromatic carbocycles. The lowest BCUT2D eigenvalue weighted by atomic mass is 10.1. The summed E-state index contributed by atoms with van der Waals surface area (Å²) in [6, 6.07) is 9.14. The highest BCUT2D eigenvalue weighted by Gasteiger charge is 2.17. The molecule has 1 N–H and O–H groups in total. The van der Waals surface area contributed by atoms with E-state index in [4.69, 9.17) is 9.15 Å². The first-order valence-electron chi connectivity index (χ1n) is 5.75. The van der Waals surface area contributed by atoms with E-state index in [0.29, 0.717) is 5.76 Å². The maximum Gasteiger partial charge on any atom is 0.150 e. The van der Waals surface area contributed by atoms with Crippen LogP contribution < -0.4 is 4.74 Å². The summed E-state index contributed by atoms with van der Waals surface area (Å²) in [7, 11) is 0. The summed E-state index contributed by atoms with van der Waals surface area (Å²) < 4.78 is 11.6. The second-order valence-corrected chi connectivity index (χ2v) is 5.13. The van der Waals surface area contributed by atoms with Crippen molar-refractivity contribution in [1.29, 1.82) is 0 Å². The van der Waals surface area contributed by atoms with Gasteiger partial charge in [0.15, 0.2) is 5.76 Å². The monoisotopic (exact) mass is 310 g/mol. The van der Waals surface area contributed by atoms with Crippen molar-refractivity contribution in [3.05, 3.63) is 52.4 Å². The van der Waals surface area contributed by atoms with Gasteiger partial charge in [0.25, 0.3) is 0 Å². The topological polar surface area (TPSA) is 42.6 Å². The van der Waals surface area contributed by atoms with Crippen LogP contribution in [-0.4, -0.2) is 11.2 Å². The first-order chi connectivity index (χ1) is 8.58. The summed E-state index contributed by atoms with van der Waals surface area (Å²) in [6.45, 7) is 3.93. The maximum absolute atomic E-state index is 10.2. The Morgan fingerprint density at radius 3 is 2.67 bits per heavy atom. The molecule has 0 amide bonds. The molecule has 1 heterocycles. The fourth-order valence-corrected chi connectivity index (χ4v) is 2.10. The minimum Gasteiger partial charge on any atom is -0.491 e. The molecule has 0 radical (unpaired) electrons. The maximum atomic E-state index is 10.2. The van der Waals surface area contributed by atoms with Gasteiger partial charge in [-0.25, -0.2) is 0 Å². The Hall–Kier alpha value is -1.26. The molecule has 1 atom stereocenters. The lowest BCUT2D eigenvalue weighted by Crippen LogP contribution is -2.06. The Bertz CT molecular complexity index is 519. The number of hydrogen-bond acceptors (Lipinski definition) is 3. The van der Waals surface area contributed by atoms with Crippen molar-refractivity contribution in [1.82, 2.24) is 0 Å². The van der Waals surface area contributed by atoms with E-state index in [1.54, 1.807) is 6.07 Å². The molecular formula is C14H15BrO3. The highest BCUT2D eigenvalue weighted by Crippen LogP contribution is 2.30. The van der Waals surface area contributed by atoms with Gasteiger partial charge >= 0.3 is 0 Å². The SMILES string of the molecule is CC(C)Oc1cccc(C(O)c2occc2Br)c1. The van der Waals surface area contributed by atoms with Crippen LogP contribution in [0.4, 0.5) is 0 Å². The number of furan rings is 1. The molecule has 0 fully saturated rings. The highest BCUT2D eigenvalue weighted by molar-refractivity contribution is 9.10. The van der Waals surface area contributed by atoms with Gasteiger partial charge in [0.2, 0.25) is 0 Å². The zero-order chi connectivity index (χ0) is 13.1. The second-order valence-electron chi connectivity index (χ2n) is 4.27. The molecule has 4 heteroatoms. The van der Waals surface area contributed by atoms with E-state index in [0.717, 1.165) is 15.8 Å². The average molecular weight is 311 g/mol. The molecule has 0 aliphatic carbocycles. The molecule has 3 nitrogen and oxygen atoms in total. The van der Waals surface area contributed by atoms with Crippen LogP contribution in [-0.2, 0) is 0 Å². The molecule has 0 saturated heterocycles. The summed E-state index contributed by atoms with van der Waals surface area (Å²) in [5.41, 5.74) is 0.740. The molecule has 0 aliphatic heterocycles. The lowest BCUT2D eigenvalue weighted by molar-refractivity contribution is 0.187. The molecule has 0 aliphatic rings. The van der Waals surface area contributed by atoms with Crippen LogP contribution in [0.5, 0.6) is 5.75 Å². The largest absolute Gasteiger partial charge is 0.491 e. The van der Waals surface area contributed by atoms with Gasteiger partial charge in [-0.05, 0) is 53.5 Å². The van der Waals surface area contributed by atoms with Crippen molar-refractivity contribution in [3.8, 4) is 5.75 Å². The Labute approximate surface area is 115 Å². The van der Waals surface area contributed by atoms with E-state index in [1.807, 2.05) is 38.1 Å².